The number of nitrogens with zero attached hydrogens (tertiary/aromatic N) is 1. The first-order chi connectivity index (χ1) is 13.2. The van der Waals surface area contributed by atoms with Crippen molar-refractivity contribution in [3.05, 3.63) is 0 Å². The highest BCUT2D eigenvalue weighted by molar-refractivity contribution is 5.89. The average Bonchev–Trinajstić information content (AvgIpc) is 3.04. The monoisotopic (exact) mass is 390 g/mol. The molecule has 1 aliphatic carbocycles. The molecule has 7 heteroatoms. The van der Waals surface area contributed by atoms with Gasteiger partial charge in [-0.3, -0.25) is 14.4 Å². The van der Waals surface area contributed by atoms with Gasteiger partial charge < -0.3 is 16.0 Å². The Labute approximate surface area is 168 Å². The van der Waals surface area contributed by atoms with Crippen molar-refractivity contribution in [3.63, 3.8) is 0 Å². The highest BCUT2D eigenvalue weighted by atomic mass is 16.2. The Morgan fingerprint density at radius 2 is 1.86 bits per heavy atom. The quantitative estimate of drug-likeness (QED) is 0.617. The van der Waals surface area contributed by atoms with Gasteiger partial charge in [0.05, 0.1) is 6.07 Å². The van der Waals surface area contributed by atoms with Crippen LogP contribution in [0.15, 0.2) is 0 Å². The third-order valence-electron chi connectivity index (χ3n) is 5.58. The van der Waals surface area contributed by atoms with Crippen LogP contribution in [-0.2, 0) is 14.4 Å². The van der Waals surface area contributed by atoms with Crippen LogP contribution < -0.4 is 16.0 Å². The summed E-state index contributed by atoms with van der Waals surface area (Å²) in [7, 11) is 0. The van der Waals surface area contributed by atoms with Crippen LogP contribution >= 0.6 is 0 Å². The van der Waals surface area contributed by atoms with E-state index in [9.17, 15) is 19.6 Å². The Morgan fingerprint density at radius 1 is 1.18 bits per heavy atom. The smallest absolute Gasteiger partial charge is 0.243 e. The minimum absolute atomic E-state index is 0.0297. The molecule has 0 aromatic carbocycles. The van der Waals surface area contributed by atoms with Crippen LogP contribution in [0.3, 0.4) is 0 Å². The third kappa shape index (κ3) is 6.81. The number of rotatable bonds is 7. The fraction of sp³-hybridized carbons (Fsp3) is 0.810. The third-order valence-corrected chi connectivity index (χ3v) is 5.58. The van der Waals surface area contributed by atoms with Crippen molar-refractivity contribution >= 4 is 17.7 Å². The summed E-state index contributed by atoms with van der Waals surface area (Å²) in [6, 6.07) is 0.672. The number of amides is 3. The first-order valence-electron chi connectivity index (χ1n) is 10.5. The Hall–Kier alpha value is -2.10. The zero-order chi connectivity index (χ0) is 20.7. The molecule has 0 aromatic heterocycles. The Morgan fingerprint density at radius 3 is 2.39 bits per heavy atom. The number of hydrogen-bond acceptors (Lipinski definition) is 4. The molecule has 28 heavy (non-hydrogen) atoms. The fourth-order valence-electron chi connectivity index (χ4n) is 4.05. The van der Waals surface area contributed by atoms with Crippen LogP contribution in [0.5, 0.6) is 0 Å². The van der Waals surface area contributed by atoms with Gasteiger partial charge in [-0.25, -0.2) is 0 Å². The molecular weight excluding hydrogens is 356 g/mol. The lowest BCUT2D eigenvalue weighted by molar-refractivity contribution is -0.132. The Balaban J connectivity index is 1.99. The summed E-state index contributed by atoms with van der Waals surface area (Å²) in [5.41, 5.74) is -0.157. The summed E-state index contributed by atoms with van der Waals surface area (Å²) in [6.07, 6.45) is 6.46. The van der Waals surface area contributed by atoms with Gasteiger partial charge in [0.25, 0.3) is 0 Å². The largest absolute Gasteiger partial charge is 0.356 e. The highest BCUT2D eigenvalue weighted by Crippen LogP contribution is 2.25. The molecule has 3 amide bonds. The molecular formula is C21H34N4O3. The second-order valence-electron chi connectivity index (χ2n) is 9.36. The summed E-state index contributed by atoms with van der Waals surface area (Å²) >= 11 is 0. The Kier molecular flexibility index (Phi) is 7.85. The maximum Gasteiger partial charge on any atom is 0.243 e. The van der Waals surface area contributed by atoms with E-state index in [1.807, 2.05) is 20.8 Å². The van der Waals surface area contributed by atoms with Crippen molar-refractivity contribution in [3.8, 4) is 6.07 Å². The van der Waals surface area contributed by atoms with Crippen molar-refractivity contribution in [2.24, 2.45) is 17.3 Å². The molecule has 1 heterocycles. The molecule has 3 N–H and O–H groups in total. The van der Waals surface area contributed by atoms with E-state index in [4.69, 9.17) is 0 Å². The minimum Gasteiger partial charge on any atom is -0.356 e. The average molecular weight is 391 g/mol. The van der Waals surface area contributed by atoms with E-state index in [0.717, 1.165) is 32.1 Å². The van der Waals surface area contributed by atoms with Crippen LogP contribution in [0.1, 0.15) is 72.1 Å². The van der Waals surface area contributed by atoms with Gasteiger partial charge in [-0.2, -0.15) is 5.26 Å². The molecule has 2 rings (SSSR count). The van der Waals surface area contributed by atoms with Crippen LogP contribution in [-0.4, -0.2) is 36.3 Å². The van der Waals surface area contributed by atoms with Crippen LogP contribution in [0.4, 0.5) is 0 Å². The maximum atomic E-state index is 12.9. The van der Waals surface area contributed by atoms with Gasteiger partial charge >= 0.3 is 0 Å². The molecule has 1 saturated heterocycles. The van der Waals surface area contributed by atoms with Crippen molar-refractivity contribution in [1.29, 1.82) is 5.26 Å². The molecule has 7 nitrogen and oxygen atoms in total. The molecule has 0 radical (unpaired) electrons. The maximum absolute atomic E-state index is 12.9. The van der Waals surface area contributed by atoms with E-state index >= 15 is 0 Å². The molecule has 2 fully saturated rings. The van der Waals surface area contributed by atoms with E-state index in [0.29, 0.717) is 25.8 Å². The topological polar surface area (TPSA) is 111 Å². The summed E-state index contributed by atoms with van der Waals surface area (Å²) in [5.74, 6) is -0.746. The SMILES string of the molecule is CC(C)(C)C[C@H](NC(=O)C1CCCCC1)C(=O)NC(C#N)C[C@@H]1CCNC1=O. The molecule has 1 aliphatic heterocycles. The van der Waals surface area contributed by atoms with E-state index in [1.54, 1.807) is 0 Å². The van der Waals surface area contributed by atoms with Crippen LogP contribution in [0.25, 0.3) is 0 Å². The summed E-state index contributed by atoms with van der Waals surface area (Å²) in [5, 5.41) is 17.9. The standard InChI is InChI=1S/C21H34N4O3/c1-21(2,3)12-17(25-19(27)14-7-5-4-6-8-14)20(28)24-16(13-22)11-15-9-10-23-18(15)26/h14-17H,4-12H2,1-3H3,(H,23,26)(H,24,28)(H,25,27)/t15-,16?,17-/m0/s1. The normalized spacial score (nSPS) is 22.6. The first kappa shape index (κ1) is 22.2. The van der Waals surface area contributed by atoms with Gasteiger partial charge in [0.1, 0.15) is 12.1 Å². The van der Waals surface area contributed by atoms with Gasteiger partial charge in [-0.1, -0.05) is 40.0 Å². The lowest BCUT2D eigenvalue weighted by Crippen LogP contribution is -2.52. The van der Waals surface area contributed by atoms with Crippen LogP contribution in [0, 0.1) is 28.6 Å². The van der Waals surface area contributed by atoms with Crippen molar-refractivity contribution in [2.45, 2.75) is 84.2 Å². The van der Waals surface area contributed by atoms with Crippen molar-refractivity contribution in [2.75, 3.05) is 6.54 Å². The predicted molar refractivity (Wildman–Crippen MR) is 106 cm³/mol. The van der Waals surface area contributed by atoms with Crippen LogP contribution in [0.2, 0.25) is 0 Å². The molecule has 156 valence electrons. The summed E-state index contributed by atoms with van der Waals surface area (Å²) in [4.78, 5) is 37.3. The predicted octanol–water partition coefficient (Wildman–Crippen LogP) is 2.02. The lowest BCUT2D eigenvalue weighted by Gasteiger charge is -2.29. The molecule has 3 atom stereocenters. The molecule has 1 saturated carbocycles. The first-order valence-corrected chi connectivity index (χ1v) is 10.5. The van der Waals surface area contributed by atoms with Gasteiger partial charge in [-0.05, 0) is 37.5 Å². The zero-order valence-corrected chi connectivity index (χ0v) is 17.3. The zero-order valence-electron chi connectivity index (χ0n) is 17.3. The van der Waals surface area contributed by atoms with E-state index in [2.05, 4.69) is 22.0 Å². The molecule has 0 spiro atoms. The molecule has 2 aliphatic rings. The second-order valence-corrected chi connectivity index (χ2v) is 9.36. The molecule has 1 unspecified atom stereocenters. The second kappa shape index (κ2) is 9.90. The van der Waals surface area contributed by atoms with E-state index in [1.165, 1.54) is 0 Å². The minimum atomic E-state index is -0.740. The number of nitriles is 1. The van der Waals surface area contributed by atoms with E-state index < -0.39 is 12.1 Å². The summed E-state index contributed by atoms with van der Waals surface area (Å²) in [6.45, 7) is 6.67. The van der Waals surface area contributed by atoms with E-state index in [-0.39, 0.29) is 35.0 Å². The number of carbonyl (C=O) groups excluding carboxylic acids is 3. The number of hydrogen-bond donors (Lipinski definition) is 3. The van der Waals surface area contributed by atoms with Gasteiger partial charge in [0, 0.05) is 18.4 Å². The lowest BCUT2D eigenvalue weighted by atomic mass is 9.86. The highest BCUT2D eigenvalue weighted by Gasteiger charge is 2.32. The van der Waals surface area contributed by atoms with Crippen molar-refractivity contribution < 1.29 is 14.4 Å². The van der Waals surface area contributed by atoms with Crippen molar-refractivity contribution in [1.82, 2.24) is 16.0 Å². The fourth-order valence-corrected chi connectivity index (χ4v) is 4.05. The van der Waals surface area contributed by atoms with Gasteiger partial charge in [0.15, 0.2) is 0 Å². The molecule has 0 bridgehead atoms. The number of carbonyl (C=O) groups is 3. The number of nitrogens with one attached hydrogen (secondary N) is 3. The Bertz CT molecular complexity index is 614. The van der Waals surface area contributed by atoms with Gasteiger partial charge in [0.2, 0.25) is 17.7 Å². The van der Waals surface area contributed by atoms with Gasteiger partial charge in [-0.15, -0.1) is 0 Å². The molecule has 0 aromatic rings. The summed E-state index contributed by atoms with van der Waals surface area (Å²) < 4.78 is 0.